The molecule has 0 saturated heterocycles. The second-order valence-electron chi connectivity index (χ2n) is 5.38. The average Bonchev–Trinajstić information content (AvgIpc) is 2.88. The Morgan fingerprint density at radius 1 is 1.21 bits per heavy atom. The lowest BCUT2D eigenvalue weighted by Gasteiger charge is -2.30. The molecule has 1 aliphatic carbocycles. The van der Waals surface area contributed by atoms with Crippen LogP contribution in [0.15, 0.2) is 41.8 Å². The molecule has 19 heavy (non-hydrogen) atoms. The number of nitrogens with one attached hydrogen (secondary N) is 1. The van der Waals surface area contributed by atoms with Crippen LogP contribution in [0.1, 0.15) is 47.2 Å². The molecule has 1 N–H and O–H groups in total. The van der Waals surface area contributed by atoms with Crippen LogP contribution in [-0.2, 0) is 6.42 Å². The molecule has 1 fully saturated rings. The van der Waals surface area contributed by atoms with Crippen molar-refractivity contribution in [2.75, 3.05) is 7.05 Å². The van der Waals surface area contributed by atoms with Crippen LogP contribution in [-0.4, -0.2) is 7.05 Å². The van der Waals surface area contributed by atoms with Crippen molar-refractivity contribution in [2.45, 2.75) is 37.6 Å². The highest BCUT2D eigenvalue weighted by atomic mass is 32.1. The minimum absolute atomic E-state index is 0.440. The van der Waals surface area contributed by atoms with E-state index in [4.69, 9.17) is 0 Å². The first-order valence-electron chi connectivity index (χ1n) is 7.17. The zero-order valence-corrected chi connectivity index (χ0v) is 12.2. The van der Waals surface area contributed by atoms with Gasteiger partial charge < -0.3 is 5.32 Å². The Morgan fingerprint density at radius 3 is 2.68 bits per heavy atom. The van der Waals surface area contributed by atoms with E-state index in [1.807, 2.05) is 11.3 Å². The van der Waals surface area contributed by atoms with Gasteiger partial charge in [-0.25, -0.2) is 0 Å². The van der Waals surface area contributed by atoms with Gasteiger partial charge >= 0.3 is 0 Å². The highest BCUT2D eigenvalue weighted by molar-refractivity contribution is 7.09. The largest absolute Gasteiger partial charge is 0.313 e. The Hall–Kier alpha value is -1.12. The molecule has 1 aromatic carbocycles. The summed E-state index contributed by atoms with van der Waals surface area (Å²) < 4.78 is 0. The van der Waals surface area contributed by atoms with E-state index in [2.05, 4.69) is 54.1 Å². The fourth-order valence-electron chi connectivity index (χ4n) is 2.92. The molecule has 100 valence electrons. The molecule has 0 amide bonds. The molecule has 2 heteroatoms. The van der Waals surface area contributed by atoms with Crippen molar-refractivity contribution >= 4 is 11.3 Å². The van der Waals surface area contributed by atoms with Crippen molar-refractivity contribution in [1.29, 1.82) is 0 Å². The maximum atomic E-state index is 3.51. The molecule has 1 saturated carbocycles. The molecule has 1 unspecified atom stereocenters. The first-order valence-corrected chi connectivity index (χ1v) is 8.05. The fourth-order valence-corrected chi connectivity index (χ4v) is 3.67. The number of rotatable bonds is 5. The maximum absolute atomic E-state index is 3.51. The Balaban J connectivity index is 1.86. The molecule has 2 aromatic rings. The van der Waals surface area contributed by atoms with E-state index in [0.717, 1.165) is 12.3 Å². The molecule has 0 spiro atoms. The van der Waals surface area contributed by atoms with Gasteiger partial charge in [-0.3, -0.25) is 0 Å². The number of thiophene rings is 1. The summed E-state index contributed by atoms with van der Waals surface area (Å²) in [5.41, 5.74) is 3.08. The van der Waals surface area contributed by atoms with E-state index < -0.39 is 0 Å². The first kappa shape index (κ1) is 12.9. The molecule has 1 aromatic heterocycles. The van der Waals surface area contributed by atoms with Crippen molar-refractivity contribution in [3.05, 3.63) is 57.8 Å². The van der Waals surface area contributed by atoms with E-state index in [1.54, 1.807) is 5.56 Å². The SMILES string of the molecule is CNC(Cc1cccs1)c1ccccc1C1CCC1. The van der Waals surface area contributed by atoms with Gasteiger partial charge in [0, 0.05) is 17.3 Å². The number of benzene rings is 1. The molecular formula is C17H21NS. The van der Waals surface area contributed by atoms with Crippen LogP contribution in [0.3, 0.4) is 0 Å². The van der Waals surface area contributed by atoms with Gasteiger partial charge in [0.2, 0.25) is 0 Å². The highest BCUT2D eigenvalue weighted by Gasteiger charge is 2.24. The Labute approximate surface area is 119 Å². The third-order valence-corrected chi connectivity index (χ3v) is 5.15. The molecule has 0 bridgehead atoms. The van der Waals surface area contributed by atoms with Crippen molar-refractivity contribution in [3.8, 4) is 0 Å². The van der Waals surface area contributed by atoms with Gasteiger partial charge in [0.25, 0.3) is 0 Å². The summed E-state index contributed by atoms with van der Waals surface area (Å²) in [5, 5.41) is 5.67. The molecule has 1 atom stereocenters. The summed E-state index contributed by atoms with van der Waals surface area (Å²) in [6.45, 7) is 0. The average molecular weight is 271 g/mol. The maximum Gasteiger partial charge on any atom is 0.0369 e. The lowest BCUT2D eigenvalue weighted by Crippen LogP contribution is -2.22. The number of likely N-dealkylation sites (N-methyl/N-ethyl adjacent to an activating group) is 1. The van der Waals surface area contributed by atoms with E-state index in [0.29, 0.717) is 6.04 Å². The summed E-state index contributed by atoms with van der Waals surface area (Å²) in [4.78, 5) is 1.46. The van der Waals surface area contributed by atoms with Gasteiger partial charge in [0.15, 0.2) is 0 Å². The van der Waals surface area contributed by atoms with Crippen LogP contribution in [0.25, 0.3) is 0 Å². The molecule has 1 nitrogen and oxygen atoms in total. The lowest BCUT2D eigenvalue weighted by atomic mass is 9.77. The minimum Gasteiger partial charge on any atom is -0.313 e. The van der Waals surface area contributed by atoms with Gasteiger partial charge in [0.1, 0.15) is 0 Å². The lowest BCUT2D eigenvalue weighted by molar-refractivity contribution is 0.412. The summed E-state index contributed by atoms with van der Waals surface area (Å²) in [7, 11) is 2.08. The van der Waals surface area contributed by atoms with E-state index in [1.165, 1.54) is 29.7 Å². The number of hydrogen-bond acceptors (Lipinski definition) is 2. The normalized spacial score (nSPS) is 17.1. The second-order valence-corrected chi connectivity index (χ2v) is 6.41. The van der Waals surface area contributed by atoms with E-state index in [9.17, 15) is 0 Å². The zero-order chi connectivity index (χ0) is 13.1. The standard InChI is InChI=1S/C17H21NS/c1-18-17(12-14-8-5-11-19-14)16-10-3-2-9-15(16)13-6-4-7-13/h2-3,5,8-11,13,17-18H,4,6-7,12H2,1H3. The van der Waals surface area contributed by atoms with Crippen molar-refractivity contribution in [3.63, 3.8) is 0 Å². The van der Waals surface area contributed by atoms with Crippen molar-refractivity contribution in [2.24, 2.45) is 0 Å². The van der Waals surface area contributed by atoms with Crippen LogP contribution in [0.4, 0.5) is 0 Å². The Morgan fingerprint density at radius 2 is 2.05 bits per heavy atom. The first-order chi connectivity index (χ1) is 9.38. The monoisotopic (exact) mass is 271 g/mol. The molecule has 1 heterocycles. The van der Waals surface area contributed by atoms with Gasteiger partial charge in [-0.1, -0.05) is 36.8 Å². The third-order valence-electron chi connectivity index (χ3n) is 4.25. The molecule has 0 aliphatic heterocycles. The van der Waals surface area contributed by atoms with Gasteiger partial charge in [0.05, 0.1) is 0 Å². The molecule has 0 radical (unpaired) electrons. The predicted octanol–water partition coefficient (Wildman–Crippen LogP) is 4.52. The van der Waals surface area contributed by atoms with Crippen molar-refractivity contribution in [1.82, 2.24) is 5.32 Å². The van der Waals surface area contributed by atoms with Crippen LogP contribution in [0, 0.1) is 0 Å². The quantitative estimate of drug-likeness (QED) is 0.843. The van der Waals surface area contributed by atoms with E-state index in [-0.39, 0.29) is 0 Å². The van der Waals surface area contributed by atoms with Crippen LogP contribution in [0.2, 0.25) is 0 Å². The van der Waals surface area contributed by atoms with Crippen molar-refractivity contribution < 1.29 is 0 Å². The molecule has 3 rings (SSSR count). The summed E-state index contributed by atoms with van der Waals surface area (Å²) in [6, 6.07) is 13.8. The topological polar surface area (TPSA) is 12.0 Å². The fraction of sp³-hybridized carbons (Fsp3) is 0.412. The minimum atomic E-state index is 0.440. The summed E-state index contributed by atoms with van der Waals surface area (Å²) in [5.74, 6) is 0.801. The predicted molar refractivity (Wildman–Crippen MR) is 82.9 cm³/mol. The van der Waals surface area contributed by atoms with Crippen LogP contribution in [0.5, 0.6) is 0 Å². The van der Waals surface area contributed by atoms with Gasteiger partial charge in [-0.2, -0.15) is 0 Å². The Bertz CT molecular complexity index is 514. The number of hydrogen-bond donors (Lipinski definition) is 1. The Kier molecular flexibility index (Phi) is 4.00. The zero-order valence-electron chi connectivity index (χ0n) is 11.4. The molecule has 1 aliphatic rings. The van der Waals surface area contributed by atoms with Gasteiger partial charge in [-0.05, 0) is 48.4 Å². The molecular weight excluding hydrogens is 250 g/mol. The van der Waals surface area contributed by atoms with Crippen LogP contribution >= 0.6 is 11.3 Å². The van der Waals surface area contributed by atoms with Crippen LogP contribution < -0.4 is 5.32 Å². The summed E-state index contributed by atoms with van der Waals surface area (Å²) >= 11 is 1.86. The smallest absolute Gasteiger partial charge is 0.0369 e. The third kappa shape index (κ3) is 2.75. The van der Waals surface area contributed by atoms with Gasteiger partial charge in [-0.15, -0.1) is 11.3 Å². The highest BCUT2D eigenvalue weighted by Crippen LogP contribution is 2.40. The second kappa shape index (κ2) is 5.89. The van der Waals surface area contributed by atoms with E-state index >= 15 is 0 Å². The summed E-state index contributed by atoms with van der Waals surface area (Å²) in [6.07, 6.45) is 5.23.